The van der Waals surface area contributed by atoms with Crippen LogP contribution in [-0.4, -0.2) is 67.0 Å². The highest BCUT2D eigenvalue weighted by Crippen LogP contribution is 2.45. The van der Waals surface area contributed by atoms with Gasteiger partial charge in [0.25, 0.3) is 5.91 Å². The number of benzene rings is 2. The van der Waals surface area contributed by atoms with E-state index < -0.39 is 23.5 Å². The first-order valence-electron chi connectivity index (χ1n) is 12.6. The SMILES string of the molecule is CCN(CC)CCCN1C(=O)C(O)=C(C(=O)c2cc3cc(C)ccc3o2)C1c1cccc(OC)c1OC. The number of para-hydroxylation sites is 1. The van der Waals surface area contributed by atoms with Crippen molar-refractivity contribution in [3.63, 3.8) is 0 Å². The molecule has 0 fully saturated rings. The fourth-order valence-electron chi connectivity index (χ4n) is 4.98. The summed E-state index contributed by atoms with van der Waals surface area (Å²) in [5.41, 5.74) is 2.11. The lowest BCUT2D eigenvalue weighted by Crippen LogP contribution is -2.34. The number of aliphatic hydroxyl groups is 1. The van der Waals surface area contributed by atoms with Crippen molar-refractivity contribution >= 4 is 22.7 Å². The number of carbonyl (C=O) groups is 2. The zero-order chi connectivity index (χ0) is 26.7. The van der Waals surface area contributed by atoms with Gasteiger partial charge in [0.1, 0.15) is 5.58 Å². The molecular formula is C29H34N2O6. The van der Waals surface area contributed by atoms with Gasteiger partial charge in [0.15, 0.2) is 23.0 Å². The van der Waals surface area contributed by atoms with E-state index in [0.717, 1.165) is 30.6 Å². The van der Waals surface area contributed by atoms with Crippen molar-refractivity contribution in [1.82, 2.24) is 9.80 Å². The molecule has 1 aliphatic rings. The minimum atomic E-state index is -0.864. The van der Waals surface area contributed by atoms with Crippen LogP contribution in [0.5, 0.6) is 11.5 Å². The number of nitrogens with zero attached hydrogens (tertiary/aromatic N) is 2. The van der Waals surface area contributed by atoms with Crippen molar-refractivity contribution < 1.29 is 28.6 Å². The van der Waals surface area contributed by atoms with E-state index in [-0.39, 0.29) is 11.3 Å². The van der Waals surface area contributed by atoms with Crippen LogP contribution in [0.15, 0.2) is 58.2 Å². The molecule has 0 saturated heterocycles. The Hall–Kier alpha value is -3.78. The second kappa shape index (κ2) is 11.1. The van der Waals surface area contributed by atoms with Gasteiger partial charge in [0, 0.05) is 17.5 Å². The number of amides is 1. The lowest BCUT2D eigenvalue weighted by molar-refractivity contribution is -0.129. The molecule has 8 nitrogen and oxygen atoms in total. The third kappa shape index (κ3) is 4.93. The molecule has 3 aromatic rings. The fourth-order valence-corrected chi connectivity index (χ4v) is 4.98. The number of ether oxygens (including phenoxy) is 2. The Kier molecular flexibility index (Phi) is 7.88. The summed E-state index contributed by atoms with van der Waals surface area (Å²) in [7, 11) is 3.04. The zero-order valence-electron chi connectivity index (χ0n) is 22.0. The van der Waals surface area contributed by atoms with Crippen molar-refractivity contribution in [2.75, 3.05) is 40.4 Å². The van der Waals surface area contributed by atoms with Crippen LogP contribution in [-0.2, 0) is 4.79 Å². The third-order valence-corrected chi connectivity index (χ3v) is 6.94. The maximum atomic E-state index is 13.8. The van der Waals surface area contributed by atoms with Gasteiger partial charge >= 0.3 is 0 Å². The maximum Gasteiger partial charge on any atom is 0.290 e. The van der Waals surface area contributed by atoms with Crippen molar-refractivity contribution in [3.05, 3.63) is 70.7 Å². The van der Waals surface area contributed by atoms with E-state index in [9.17, 15) is 14.7 Å². The summed E-state index contributed by atoms with van der Waals surface area (Å²) in [6, 6.07) is 11.7. The summed E-state index contributed by atoms with van der Waals surface area (Å²) in [6.45, 7) is 9.07. The first-order valence-corrected chi connectivity index (χ1v) is 12.6. The van der Waals surface area contributed by atoms with Gasteiger partial charge in [-0.1, -0.05) is 37.6 Å². The largest absolute Gasteiger partial charge is 0.503 e. The lowest BCUT2D eigenvalue weighted by atomic mass is 9.94. The first kappa shape index (κ1) is 26.3. The van der Waals surface area contributed by atoms with Gasteiger partial charge in [-0.25, -0.2) is 0 Å². The monoisotopic (exact) mass is 506 g/mol. The molecule has 37 heavy (non-hydrogen) atoms. The molecule has 1 aromatic heterocycles. The number of aliphatic hydroxyl groups excluding tert-OH is 1. The summed E-state index contributed by atoms with van der Waals surface area (Å²) in [6.07, 6.45) is 0.675. The molecule has 0 aliphatic carbocycles. The quantitative estimate of drug-likeness (QED) is 0.363. The standard InChI is InChI=1S/C29H34N2O6/c1-6-30(7-2)14-9-15-31-25(20-10-8-11-22(35-4)28(20)36-5)24(27(33)29(31)34)26(32)23-17-19-16-18(3)12-13-21(19)37-23/h8,10-13,16-17,25,33H,6-7,9,14-15H2,1-5H3. The van der Waals surface area contributed by atoms with Crippen LogP contribution in [0.2, 0.25) is 0 Å². The molecule has 2 aromatic carbocycles. The average molecular weight is 507 g/mol. The second-order valence-corrected chi connectivity index (χ2v) is 9.11. The number of aryl methyl sites for hydroxylation is 1. The Bertz CT molecular complexity index is 1340. The van der Waals surface area contributed by atoms with E-state index in [4.69, 9.17) is 13.9 Å². The molecular weight excluding hydrogens is 472 g/mol. The third-order valence-electron chi connectivity index (χ3n) is 6.94. The minimum absolute atomic E-state index is 0.0322. The summed E-state index contributed by atoms with van der Waals surface area (Å²) in [5, 5.41) is 11.8. The molecule has 0 bridgehead atoms. The van der Waals surface area contributed by atoms with Gasteiger partial charge in [0.05, 0.1) is 25.8 Å². The van der Waals surface area contributed by atoms with E-state index >= 15 is 0 Å². The van der Waals surface area contributed by atoms with Crippen LogP contribution < -0.4 is 9.47 Å². The van der Waals surface area contributed by atoms with Gasteiger partial charge in [-0.05, 0) is 57.2 Å². The molecule has 196 valence electrons. The predicted octanol–water partition coefficient (Wildman–Crippen LogP) is 5.07. The number of Topliss-reactive ketones (excluding diaryl/α,β-unsaturated/α-hetero) is 1. The molecule has 1 unspecified atom stereocenters. The number of methoxy groups -OCH3 is 2. The first-order chi connectivity index (χ1) is 17.8. The number of furan rings is 1. The lowest BCUT2D eigenvalue weighted by Gasteiger charge is -2.29. The van der Waals surface area contributed by atoms with Crippen LogP contribution >= 0.6 is 0 Å². The number of hydrogen-bond acceptors (Lipinski definition) is 7. The Morgan fingerprint density at radius 1 is 1.11 bits per heavy atom. The molecule has 1 amide bonds. The smallest absolute Gasteiger partial charge is 0.290 e. The molecule has 1 aliphatic heterocycles. The zero-order valence-corrected chi connectivity index (χ0v) is 22.0. The molecule has 1 N–H and O–H groups in total. The van der Waals surface area contributed by atoms with Crippen molar-refractivity contribution in [2.24, 2.45) is 0 Å². The minimum Gasteiger partial charge on any atom is -0.503 e. The Morgan fingerprint density at radius 2 is 1.86 bits per heavy atom. The van der Waals surface area contributed by atoms with E-state index in [1.165, 1.54) is 19.1 Å². The number of carbonyl (C=O) groups excluding carboxylic acids is 2. The van der Waals surface area contributed by atoms with Crippen LogP contribution in [0.3, 0.4) is 0 Å². The second-order valence-electron chi connectivity index (χ2n) is 9.11. The van der Waals surface area contributed by atoms with Crippen molar-refractivity contribution in [1.29, 1.82) is 0 Å². The predicted molar refractivity (Wildman–Crippen MR) is 141 cm³/mol. The van der Waals surface area contributed by atoms with Crippen molar-refractivity contribution in [3.8, 4) is 11.5 Å². The Labute approximate surface area is 217 Å². The number of fused-ring (bicyclic) bond motifs is 1. The highest BCUT2D eigenvalue weighted by Gasteiger charge is 2.45. The number of rotatable bonds is 11. The molecule has 0 saturated carbocycles. The van der Waals surface area contributed by atoms with E-state index in [1.54, 1.807) is 30.3 Å². The highest BCUT2D eigenvalue weighted by atomic mass is 16.5. The average Bonchev–Trinajstić information content (AvgIpc) is 3.44. The van der Waals surface area contributed by atoms with Gasteiger partial charge in [0.2, 0.25) is 5.78 Å². The summed E-state index contributed by atoms with van der Waals surface area (Å²) in [4.78, 5) is 31.0. The molecule has 4 rings (SSSR count). The number of ketones is 1. The summed E-state index contributed by atoms with van der Waals surface area (Å²) in [5.74, 6) is -0.776. The highest BCUT2D eigenvalue weighted by molar-refractivity contribution is 6.16. The van der Waals surface area contributed by atoms with E-state index in [0.29, 0.717) is 35.6 Å². The normalized spacial score (nSPS) is 15.8. The van der Waals surface area contributed by atoms with E-state index in [2.05, 4.69) is 18.7 Å². The van der Waals surface area contributed by atoms with Gasteiger partial charge in [-0.3, -0.25) is 9.59 Å². The van der Waals surface area contributed by atoms with Gasteiger partial charge in [-0.2, -0.15) is 0 Å². The number of hydrogen-bond donors (Lipinski definition) is 1. The fraction of sp³-hybridized carbons (Fsp3) is 0.379. The van der Waals surface area contributed by atoms with Crippen LogP contribution in [0.4, 0.5) is 0 Å². The van der Waals surface area contributed by atoms with Crippen LogP contribution in [0.1, 0.15) is 48.0 Å². The maximum absolute atomic E-state index is 13.8. The van der Waals surface area contributed by atoms with Crippen LogP contribution in [0, 0.1) is 6.92 Å². The summed E-state index contributed by atoms with van der Waals surface area (Å²) < 4.78 is 17.0. The Morgan fingerprint density at radius 3 is 2.54 bits per heavy atom. The van der Waals surface area contributed by atoms with Crippen LogP contribution in [0.25, 0.3) is 11.0 Å². The molecule has 2 heterocycles. The van der Waals surface area contributed by atoms with Gasteiger partial charge in [-0.15, -0.1) is 0 Å². The summed E-state index contributed by atoms with van der Waals surface area (Å²) >= 11 is 0. The van der Waals surface area contributed by atoms with E-state index in [1.807, 2.05) is 19.1 Å². The van der Waals surface area contributed by atoms with Gasteiger partial charge < -0.3 is 28.8 Å². The Balaban J connectivity index is 1.78. The molecule has 8 heteroatoms. The molecule has 1 atom stereocenters. The molecule has 0 radical (unpaired) electrons. The molecule has 0 spiro atoms. The van der Waals surface area contributed by atoms with Crippen molar-refractivity contribution in [2.45, 2.75) is 33.2 Å². The topological polar surface area (TPSA) is 92.5 Å².